The Morgan fingerprint density at radius 1 is 1.20 bits per heavy atom. The number of halogens is 1. The van der Waals surface area contributed by atoms with E-state index in [4.69, 9.17) is 21.1 Å². The summed E-state index contributed by atoms with van der Waals surface area (Å²) in [6.45, 7) is 2.81. The third-order valence-electron chi connectivity index (χ3n) is 3.54. The number of nitrogens with one attached hydrogen (secondary N) is 1. The van der Waals surface area contributed by atoms with Gasteiger partial charge in [0.2, 0.25) is 0 Å². The van der Waals surface area contributed by atoms with Crippen LogP contribution < -0.4 is 14.8 Å². The Bertz CT molecular complexity index is 726. The molecule has 0 amide bonds. The summed E-state index contributed by atoms with van der Waals surface area (Å²) in [5.74, 6) is 1.32. The molecule has 25 heavy (non-hydrogen) atoms. The van der Waals surface area contributed by atoms with E-state index in [1.807, 2.05) is 12.1 Å². The number of carbonyl (C=O) groups excluding carboxylic acids is 1. The predicted molar refractivity (Wildman–Crippen MR) is 102 cm³/mol. The minimum atomic E-state index is -0.103. The van der Waals surface area contributed by atoms with Gasteiger partial charge in [0.1, 0.15) is 11.5 Å². The van der Waals surface area contributed by atoms with E-state index in [0.717, 1.165) is 18.6 Å². The molecule has 0 atom stereocenters. The highest BCUT2D eigenvalue weighted by molar-refractivity contribution is 6.30. The van der Waals surface area contributed by atoms with Crippen molar-refractivity contribution in [3.63, 3.8) is 0 Å². The highest BCUT2D eigenvalue weighted by Gasteiger charge is 2.04. The molecule has 0 fully saturated rings. The van der Waals surface area contributed by atoms with Crippen LogP contribution in [0.25, 0.3) is 0 Å². The zero-order chi connectivity index (χ0) is 18.1. The van der Waals surface area contributed by atoms with Crippen molar-refractivity contribution in [2.24, 2.45) is 0 Å². The third kappa shape index (κ3) is 5.84. The number of ether oxygens (including phenoxy) is 2. The first-order chi connectivity index (χ1) is 12.1. The summed E-state index contributed by atoms with van der Waals surface area (Å²) >= 11 is 5.97. The second kappa shape index (κ2) is 9.74. The summed E-state index contributed by atoms with van der Waals surface area (Å²) in [5, 5.41) is 3.60. The molecule has 2 aromatic rings. The van der Waals surface area contributed by atoms with Gasteiger partial charge in [-0.15, -0.1) is 0 Å². The maximum atomic E-state index is 12.2. The van der Waals surface area contributed by atoms with Gasteiger partial charge in [0, 0.05) is 22.9 Å². The standard InChI is InChI=1S/C20H22ClNO3/c1-3-4-13-25-17-8-5-15(6-9-17)19(23)11-12-22-18-14-16(21)7-10-20(18)24-2/h5-12,14,22H,3-4,13H2,1-2H3. The number of anilines is 1. The Morgan fingerprint density at radius 3 is 2.64 bits per heavy atom. The molecule has 0 radical (unpaired) electrons. The number of hydrogen-bond acceptors (Lipinski definition) is 4. The number of allylic oxidation sites excluding steroid dienone is 1. The Hall–Kier alpha value is -2.46. The van der Waals surface area contributed by atoms with Gasteiger partial charge < -0.3 is 14.8 Å². The van der Waals surface area contributed by atoms with Gasteiger partial charge in [0.15, 0.2) is 5.78 Å². The molecule has 2 rings (SSSR count). The predicted octanol–water partition coefficient (Wildman–Crippen LogP) is 5.34. The molecule has 2 aromatic carbocycles. The second-order valence-electron chi connectivity index (χ2n) is 5.41. The van der Waals surface area contributed by atoms with E-state index >= 15 is 0 Å². The highest BCUT2D eigenvalue weighted by atomic mass is 35.5. The molecule has 0 aliphatic rings. The zero-order valence-electron chi connectivity index (χ0n) is 14.4. The smallest absolute Gasteiger partial charge is 0.187 e. The van der Waals surface area contributed by atoms with Gasteiger partial charge >= 0.3 is 0 Å². The number of carbonyl (C=O) groups is 1. The second-order valence-corrected chi connectivity index (χ2v) is 5.85. The minimum Gasteiger partial charge on any atom is -0.495 e. The lowest BCUT2D eigenvalue weighted by molar-refractivity contribution is 0.104. The molecular formula is C20H22ClNO3. The molecule has 0 spiro atoms. The third-order valence-corrected chi connectivity index (χ3v) is 3.78. The number of methoxy groups -OCH3 is 1. The summed E-state index contributed by atoms with van der Waals surface area (Å²) in [4.78, 5) is 12.2. The van der Waals surface area contributed by atoms with E-state index < -0.39 is 0 Å². The zero-order valence-corrected chi connectivity index (χ0v) is 15.2. The van der Waals surface area contributed by atoms with E-state index in [2.05, 4.69) is 12.2 Å². The van der Waals surface area contributed by atoms with E-state index in [0.29, 0.717) is 28.6 Å². The fourth-order valence-electron chi connectivity index (χ4n) is 2.15. The van der Waals surface area contributed by atoms with Gasteiger partial charge in [0.05, 0.1) is 19.4 Å². The SMILES string of the molecule is CCCCOc1ccc(C(=O)C=CNc2cc(Cl)ccc2OC)cc1. The average molecular weight is 360 g/mol. The summed E-state index contributed by atoms with van der Waals surface area (Å²) in [6, 6.07) is 12.4. The highest BCUT2D eigenvalue weighted by Crippen LogP contribution is 2.27. The van der Waals surface area contributed by atoms with E-state index in [1.54, 1.807) is 43.6 Å². The minimum absolute atomic E-state index is 0.103. The average Bonchev–Trinajstić information content (AvgIpc) is 2.62. The van der Waals surface area contributed by atoms with Gasteiger partial charge in [0.25, 0.3) is 0 Å². The number of unbranched alkanes of at least 4 members (excludes halogenated alkanes) is 1. The number of rotatable bonds is 9. The lowest BCUT2D eigenvalue weighted by Gasteiger charge is -2.08. The van der Waals surface area contributed by atoms with Crippen LogP contribution in [-0.2, 0) is 0 Å². The number of benzene rings is 2. The molecule has 132 valence electrons. The first-order valence-corrected chi connectivity index (χ1v) is 8.55. The van der Waals surface area contributed by atoms with E-state index in [1.165, 1.54) is 6.08 Å². The molecule has 0 saturated heterocycles. The van der Waals surface area contributed by atoms with Crippen LogP contribution in [0.1, 0.15) is 30.1 Å². The van der Waals surface area contributed by atoms with Gasteiger partial charge in [-0.25, -0.2) is 0 Å². The summed E-state index contributed by atoms with van der Waals surface area (Å²) in [5.41, 5.74) is 1.29. The van der Waals surface area contributed by atoms with Crippen molar-refractivity contribution in [2.45, 2.75) is 19.8 Å². The van der Waals surface area contributed by atoms with Crippen LogP contribution in [0.4, 0.5) is 5.69 Å². The number of ketones is 1. The molecule has 0 saturated carbocycles. The Labute approximate surface area is 153 Å². The largest absolute Gasteiger partial charge is 0.495 e. The normalized spacial score (nSPS) is 10.7. The maximum absolute atomic E-state index is 12.2. The van der Waals surface area contributed by atoms with Crippen LogP contribution in [0.2, 0.25) is 5.02 Å². The Kier molecular flexibility index (Phi) is 7.36. The van der Waals surface area contributed by atoms with Gasteiger partial charge in [-0.05, 0) is 48.9 Å². The molecule has 0 aliphatic heterocycles. The van der Waals surface area contributed by atoms with Crippen molar-refractivity contribution < 1.29 is 14.3 Å². The molecule has 4 nitrogen and oxygen atoms in total. The van der Waals surface area contributed by atoms with Crippen LogP contribution in [0.3, 0.4) is 0 Å². The molecule has 0 aromatic heterocycles. The van der Waals surface area contributed by atoms with Crippen LogP contribution in [0.5, 0.6) is 11.5 Å². The van der Waals surface area contributed by atoms with Crippen LogP contribution >= 0.6 is 11.6 Å². The van der Waals surface area contributed by atoms with Gasteiger partial charge in [-0.1, -0.05) is 24.9 Å². The van der Waals surface area contributed by atoms with Crippen molar-refractivity contribution in [1.82, 2.24) is 0 Å². The van der Waals surface area contributed by atoms with Crippen LogP contribution in [0, 0.1) is 0 Å². The van der Waals surface area contributed by atoms with Crippen LogP contribution in [0.15, 0.2) is 54.7 Å². The molecule has 5 heteroatoms. The molecule has 0 bridgehead atoms. The monoisotopic (exact) mass is 359 g/mol. The van der Waals surface area contributed by atoms with E-state index in [-0.39, 0.29) is 5.78 Å². The molecular weight excluding hydrogens is 338 g/mol. The lowest BCUT2D eigenvalue weighted by Crippen LogP contribution is -1.99. The first kappa shape index (κ1) is 18.9. The lowest BCUT2D eigenvalue weighted by atomic mass is 10.1. The van der Waals surface area contributed by atoms with Crippen molar-refractivity contribution in [3.05, 3.63) is 65.3 Å². The van der Waals surface area contributed by atoms with Crippen molar-refractivity contribution in [1.29, 1.82) is 0 Å². The fourth-order valence-corrected chi connectivity index (χ4v) is 2.32. The summed E-state index contributed by atoms with van der Waals surface area (Å²) in [6.07, 6.45) is 5.14. The summed E-state index contributed by atoms with van der Waals surface area (Å²) in [7, 11) is 1.58. The molecule has 0 aliphatic carbocycles. The molecule has 0 unspecified atom stereocenters. The number of hydrogen-bond donors (Lipinski definition) is 1. The first-order valence-electron chi connectivity index (χ1n) is 8.18. The summed E-state index contributed by atoms with van der Waals surface area (Å²) < 4.78 is 10.8. The molecule has 0 heterocycles. The Morgan fingerprint density at radius 2 is 1.96 bits per heavy atom. The van der Waals surface area contributed by atoms with Gasteiger partial charge in [-0.3, -0.25) is 4.79 Å². The van der Waals surface area contributed by atoms with E-state index in [9.17, 15) is 4.79 Å². The van der Waals surface area contributed by atoms with Crippen molar-refractivity contribution >= 4 is 23.1 Å². The van der Waals surface area contributed by atoms with Crippen molar-refractivity contribution in [3.8, 4) is 11.5 Å². The fraction of sp³-hybridized carbons (Fsp3) is 0.250. The quantitative estimate of drug-likeness (QED) is 0.373. The van der Waals surface area contributed by atoms with Crippen LogP contribution in [-0.4, -0.2) is 19.5 Å². The van der Waals surface area contributed by atoms with Crippen molar-refractivity contribution in [2.75, 3.05) is 19.0 Å². The molecule has 1 N–H and O–H groups in total. The Balaban J connectivity index is 1.95. The maximum Gasteiger partial charge on any atom is 0.187 e. The van der Waals surface area contributed by atoms with Gasteiger partial charge in [-0.2, -0.15) is 0 Å². The topological polar surface area (TPSA) is 47.6 Å².